The zero-order chi connectivity index (χ0) is 15.7. The largest absolute Gasteiger partial charge is 0.378 e. The Labute approximate surface area is 129 Å². The number of carbonyl (C=O) groups is 1. The topological polar surface area (TPSA) is 76.8 Å². The summed E-state index contributed by atoms with van der Waals surface area (Å²) in [4.78, 5) is 14.4. The van der Waals surface area contributed by atoms with E-state index in [9.17, 15) is 4.79 Å². The Morgan fingerprint density at radius 2 is 2.36 bits per heavy atom. The van der Waals surface area contributed by atoms with E-state index in [2.05, 4.69) is 10.5 Å². The zero-order valence-electron chi connectivity index (χ0n) is 13.3. The van der Waals surface area contributed by atoms with Gasteiger partial charge in [-0.05, 0) is 20.3 Å². The smallest absolute Gasteiger partial charge is 0.322 e. The maximum absolute atomic E-state index is 12.6. The van der Waals surface area contributed by atoms with E-state index in [1.165, 1.54) is 0 Å². The number of aromatic nitrogens is 1. The van der Waals surface area contributed by atoms with Crippen LogP contribution in [0.1, 0.15) is 31.7 Å². The summed E-state index contributed by atoms with van der Waals surface area (Å²) in [7, 11) is 0. The Hall–Kier alpha value is -1.60. The van der Waals surface area contributed by atoms with Crippen LogP contribution in [0.5, 0.6) is 0 Å². The number of urea groups is 1. The highest BCUT2D eigenvalue weighted by Gasteiger charge is 2.44. The van der Waals surface area contributed by atoms with Crippen LogP contribution in [0.3, 0.4) is 0 Å². The Balaban J connectivity index is 1.72. The van der Waals surface area contributed by atoms with E-state index in [1.807, 2.05) is 13.8 Å². The van der Waals surface area contributed by atoms with Crippen LogP contribution in [0.15, 0.2) is 4.52 Å². The molecule has 0 aromatic carbocycles. The molecule has 0 aliphatic carbocycles. The lowest BCUT2D eigenvalue weighted by Crippen LogP contribution is -2.57. The second kappa shape index (κ2) is 5.89. The molecule has 0 bridgehead atoms. The molecule has 7 nitrogen and oxygen atoms in total. The number of morpholine rings is 1. The molecule has 2 amide bonds. The van der Waals surface area contributed by atoms with Gasteiger partial charge in [0.1, 0.15) is 17.0 Å². The number of ether oxygens (including phenoxy) is 2. The molecule has 1 aromatic heterocycles. The van der Waals surface area contributed by atoms with Crippen molar-refractivity contribution in [1.82, 2.24) is 10.1 Å². The minimum absolute atomic E-state index is 0.00424. The molecular weight excluding hydrogens is 286 g/mol. The number of aryl methyl sites for hydroxylation is 2. The maximum atomic E-state index is 12.6. The SMILES string of the molecule is CCc1noc(C)c1NC(=O)N1C[C@H](C)O[C@@]2(CCOC2)C1. The van der Waals surface area contributed by atoms with Crippen molar-refractivity contribution in [3.8, 4) is 0 Å². The van der Waals surface area contributed by atoms with Gasteiger partial charge in [-0.25, -0.2) is 4.79 Å². The second-order valence-electron chi connectivity index (χ2n) is 6.14. The summed E-state index contributed by atoms with van der Waals surface area (Å²) in [5.74, 6) is 0.630. The van der Waals surface area contributed by atoms with Crippen LogP contribution in [-0.4, -0.2) is 54.1 Å². The fourth-order valence-electron chi connectivity index (χ4n) is 3.19. The first kappa shape index (κ1) is 15.3. The predicted octanol–water partition coefficient (Wildman–Crippen LogP) is 1.96. The van der Waals surface area contributed by atoms with E-state index in [1.54, 1.807) is 11.8 Å². The molecule has 1 N–H and O–H groups in total. The van der Waals surface area contributed by atoms with Gasteiger partial charge < -0.3 is 24.2 Å². The fourth-order valence-corrected chi connectivity index (χ4v) is 3.19. The van der Waals surface area contributed by atoms with Crippen molar-refractivity contribution < 1.29 is 18.8 Å². The number of anilines is 1. The number of nitrogens with zero attached hydrogens (tertiary/aromatic N) is 2. The van der Waals surface area contributed by atoms with Crippen molar-refractivity contribution >= 4 is 11.7 Å². The summed E-state index contributed by atoms with van der Waals surface area (Å²) < 4.78 is 16.7. The van der Waals surface area contributed by atoms with Crippen LogP contribution in [0.2, 0.25) is 0 Å². The van der Waals surface area contributed by atoms with Crippen LogP contribution < -0.4 is 5.32 Å². The molecule has 22 heavy (non-hydrogen) atoms. The number of carbonyl (C=O) groups excluding carboxylic acids is 1. The van der Waals surface area contributed by atoms with Crippen LogP contribution in [0, 0.1) is 6.92 Å². The Morgan fingerprint density at radius 1 is 1.55 bits per heavy atom. The van der Waals surface area contributed by atoms with Crippen molar-refractivity contribution in [3.63, 3.8) is 0 Å². The molecular formula is C15H23N3O4. The molecule has 1 aromatic rings. The molecule has 2 fully saturated rings. The summed E-state index contributed by atoms with van der Waals surface area (Å²) in [6, 6.07) is -0.137. The molecule has 0 unspecified atom stereocenters. The van der Waals surface area contributed by atoms with E-state index in [4.69, 9.17) is 14.0 Å². The van der Waals surface area contributed by atoms with Crippen molar-refractivity contribution in [2.75, 3.05) is 31.6 Å². The third-order valence-corrected chi connectivity index (χ3v) is 4.26. The highest BCUT2D eigenvalue weighted by molar-refractivity contribution is 5.90. The van der Waals surface area contributed by atoms with Gasteiger partial charge >= 0.3 is 6.03 Å². The summed E-state index contributed by atoms with van der Waals surface area (Å²) in [5.41, 5.74) is 1.10. The predicted molar refractivity (Wildman–Crippen MR) is 79.9 cm³/mol. The first-order valence-electron chi connectivity index (χ1n) is 7.79. The van der Waals surface area contributed by atoms with Gasteiger partial charge in [0.15, 0.2) is 5.76 Å². The van der Waals surface area contributed by atoms with E-state index in [0.29, 0.717) is 44.2 Å². The third-order valence-electron chi connectivity index (χ3n) is 4.26. The molecule has 2 aliphatic rings. The molecule has 2 aliphatic heterocycles. The quantitative estimate of drug-likeness (QED) is 0.903. The monoisotopic (exact) mass is 309 g/mol. The molecule has 122 valence electrons. The van der Waals surface area contributed by atoms with E-state index >= 15 is 0 Å². The van der Waals surface area contributed by atoms with E-state index in [0.717, 1.165) is 12.1 Å². The van der Waals surface area contributed by atoms with Crippen molar-refractivity contribution in [3.05, 3.63) is 11.5 Å². The van der Waals surface area contributed by atoms with Crippen LogP contribution in [-0.2, 0) is 15.9 Å². The van der Waals surface area contributed by atoms with Gasteiger partial charge in [-0.3, -0.25) is 0 Å². The fraction of sp³-hybridized carbons (Fsp3) is 0.733. The highest BCUT2D eigenvalue weighted by atomic mass is 16.6. The highest BCUT2D eigenvalue weighted by Crippen LogP contribution is 2.30. The normalized spacial score (nSPS) is 28.3. The lowest BCUT2D eigenvalue weighted by atomic mass is 9.99. The number of hydrogen-bond donors (Lipinski definition) is 1. The Kier molecular flexibility index (Phi) is 4.10. The van der Waals surface area contributed by atoms with Gasteiger partial charge in [-0.15, -0.1) is 0 Å². The summed E-state index contributed by atoms with van der Waals surface area (Å²) in [5, 5.41) is 6.91. The lowest BCUT2D eigenvalue weighted by molar-refractivity contribution is -0.136. The molecule has 7 heteroatoms. The first-order chi connectivity index (χ1) is 10.5. The van der Waals surface area contributed by atoms with Gasteiger partial charge in [0.25, 0.3) is 0 Å². The number of nitrogens with one attached hydrogen (secondary N) is 1. The van der Waals surface area contributed by atoms with Gasteiger partial charge in [-0.2, -0.15) is 0 Å². The number of rotatable bonds is 2. The van der Waals surface area contributed by atoms with Gasteiger partial charge in [0.2, 0.25) is 0 Å². The maximum Gasteiger partial charge on any atom is 0.322 e. The molecule has 3 rings (SSSR count). The summed E-state index contributed by atoms with van der Waals surface area (Å²) in [6.07, 6.45) is 1.54. The van der Waals surface area contributed by atoms with E-state index in [-0.39, 0.29) is 17.7 Å². The van der Waals surface area contributed by atoms with Gasteiger partial charge in [-0.1, -0.05) is 12.1 Å². The molecule has 1 spiro atoms. The average molecular weight is 309 g/mol. The Morgan fingerprint density at radius 3 is 3.05 bits per heavy atom. The van der Waals surface area contributed by atoms with Crippen LogP contribution in [0.25, 0.3) is 0 Å². The average Bonchev–Trinajstić information content (AvgIpc) is 3.06. The molecule has 2 atom stereocenters. The summed E-state index contributed by atoms with van der Waals surface area (Å²) in [6.45, 7) is 8.13. The number of amides is 2. The molecule has 0 radical (unpaired) electrons. The van der Waals surface area contributed by atoms with Crippen molar-refractivity contribution in [1.29, 1.82) is 0 Å². The van der Waals surface area contributed by atoms with Crippen molar-refractivity contribution in [2.24, 2.45) is 0 Å². The number of hydrogen-bond acceptors (Lipinski definition) is 5. The van der Waals surface area contributed by atoms with Gasteiger partial charge in [0, 0.05) is 19.6 Å². The lowest BCUT2D eigenvalue weighted by Gasteiger charge is -2.42. The standard InChI is InChI=1S/C15H23N3O4/c1-4-12-13(11(3)22-17-12)16-14(19)18-7-10(2)21-15(8-18)5-6-20-9-15/h10H,4-9H2,1-3H3,(H,16,19)/t10-,15-/m0/s1. The molecule has 2 saturated heterocycles. The summed E-state index contributed by atoms with van der Waals surface area (Å²) >= 11 is 0. The first-order valence-corrected chi connectivity index (χ1v) is 7.79. The van der Waals surface area contributed by atoms with Crippen molar-refractivity contribution in [2.45, 2.75) is 45.3 Å². The van der Waals surface area contributed by atoms with Crippen LogP contribution in [0.4, 0.5) is 10.5 Å². The van der Waals surface area contributed by atoms with Crippen LogP contribution >= 0.6 is 0 Å². The van der Waals surface area contributed by atoms with Gasteiger partial charge in [0.05, 0.1) is 19.3 Å². The van der Waals surface area contributed by atoms with E-state index < -0.39 is 0 Å². The third kappa shape index (κ3) is 2.83. The Bertz CT molecular complexity index is 551. The zero-order valence-corrected chi connectivity index (χ0v) is 13.3. The second-order valence-corrected chi connectivity index (χ2v) is 6.14. The molecule has 0 saturated carbocycles. The molecule has 3 heterocycles. The minimum Gasteiger partial charge on any atom is -0.378 e. The minimum atomic E-state index is -0.355.